The average Bonchev–Trinajstić information content (AvgIpc) is 2.33. The number of nitrogens with two attached hydrogens (primary N) is 1. The van der Waals surface area contributed by atoms with Crippen molar-refractivity contribution >= 4 is 11.8 Å². The first-order valence-electron chi connectivity index (χ1n) is 5.28. The fraction of sp³-hybridized carbons (Fsp3) is 0.364. The first kappa shape index (κ1) is 13.1. The van der Waals surface area contributed by atoms with E-state index < -0.39 is 0 Å². The predicted octanol–water partition coefficient (Wildman–Crippen LogP) is -0.919. The second-order valence-corrected chi connectivity index (χ2v) is 3.53. The van der Waals surface area contributed by atoms with Gasteiger partial charge in [0.05, 0.1) is 25.3 Å². The molecule has 1 aromatic rings. The number of aryl methyl sites for hydroxylation is 1. The Kier molecular flexibility index (Phi) is 5.09. The van der Waals surface area contributed by atoms with E-state index in [-0.39, 0.29) is 24.9 Å². The Morgan fingerprint density at radius 1 is 1.29 bits per heavy atom. The van der Waals surface area contributed by atoms with E-state index in [2.05, 4.69) is 15.6 Å². The standard InChI is InChI=1S/C11H16N4O2/c1-8-3-2-4-9(15-8)6-13-11(17)7-14-10(16)5-12/h2-4H,5-7,12H2,1H3,(H,13,17)(H,14,16). The molecule has 0 aliphatic carbocycles. The normalized spacial score (nSPS) is 9.76. The van der Waals surface area contributed by atoms with Gasteiger partial charge in [0.15, 0.2) is 0 Å². The van der Waals surface area contributed by atoms with E-state index in [0.717, 1.165) is 11.4 Å². The van der Waals surface area contributed by atoms with Crippen LogP contribution in [0.3, 0.4) is 0 Å². The molecule has 0 radical (unpaired) electrons. The highest BCUT2D eigenvalue weighted by Gasteiger charge is 2.03. The third-order valence-electron chi connectivity index (χ3n) is 2.04. The van der Waals surface area contributed by atoms with Gasteiger partial charge in [-0.3, -0.25) is 14.6 Å². The maximum atomic E-state index is 11.3. The van der Waals surface area contributed by atoms with Crippen LogP contribution in [0.1, 0.15) is 11.4 Å². The van der Waals surface area contributed by atoms with E-state index in [1.165, 1.54) is 0 Å². The largest absolute Gasteiger partial charge is 0.349 e. The molecule has 6 heteroatoms. The van der Waals surface area contributed by atoms with Crippen LogP contribution in [0, 0.1) is 6.92 Å². The Morgan fingerprint density at radius 2 is 2.06 bits per heavy atom. The molecule has 1 aromatic heterocycles. The van der Waals surface area contributed by atoms with Crippen molar-refractivity contribution in [1.29, 1.82) is 0 Å². The van der Waals surface area contributed by atoms with Gasteiger partial charge in [0.1, 0.15) is 0 Å². The van der Waals surface area contributed by atoms with Crippen molar-refractivity contribution in [1.82, 2.24) is 15.6 Å². The molecule has 1 rings (SSSR count). The molecule has 17 heavy (non-hydrogen) atoms. The zero-order chi connectivity index (χ0) is 12.7. The molecule has 0 unspecified atom stereocenters. The monoisotopic (exact) mass is 236 g/mol. The summed E-state index contributed by atoms with van der Waals surface area (Å²) < 4.78 is 0. The van der Waals surface area contributed by atoms with E-state index in [9.17, 15) is 9.59 Å². The lowest BCUT2D eigenvalue weighted by atomic mass is 10.3. The molecule has 4 N–H and O–H groups in total. The first-order valence-corrected chi connectivity index (χ1v) is 5.28. The van der Waals surface area contributed by atoms with Gasteiger partial charge >= 0.3 is 0 Å². The summed E-state index contributed by atoms with van der Waals surface area (Å²) in [5, 5.41) is 5.03. The van der Waals surface area contributed by atoms with Crippen LogP contribution in [0.2, 0.25) is 0 Å². The van der Waals surface area contributed by atoms with Crippen molar-refractivity contribution in [2.45, 2.75) is 13.5 Å². The minimum absolute atomic E-state index is 0.0676. The number of rotatable bonds is 5. The Hall–Kier alpha value is -1.95. The lowest BCUT2D eigenvalue weighted by Gasteiger charge is -2.06. The summed E-state index contributed by atoms with van der Waals surface area (Å²) in [6.07, 6.45) is 0. The fourth-order valence-electron chi connectivity index (χ4n) is 1.20. The SMILES string of the molecule is Cc1cccc(CNC(=O)CNC(=O)CN)n1. The zero-order valence-corrected chi connectivity index (χ0v) is 9.69. The number of nitrogens with one attached hydrogen (secondary N) is 2. The molecular formula is C11H16N4O2. The summed E-state index contributed by atoms with van der Waals surface area (Å²) in [6, 6.07) is 5.58. The topological polar surface area (TPSA) is 97.1 Å². The molecule has 0 atom stereocenters. The van der Waals surface area contributed by atoms with Gasteiger partial charge in [0.2, 0.25) is 11.8 Å². The highest BCUT2D eigenvalue weighted by Crippen LogP contribution is 1.96. The van der Waals surface area contributed by atoms with Gasteiger partial charge in [0, 0.05) is 5.69 Å². The van der Waals surface area contributed by atoms with Crippen molar-refractivity contribution in [3.63, 3.8) is 0 Å². The third-order valence-corrected chi connectivity index (χ3v) is 2.04. The lowest BCUT2D eigenvalue weighted by molar-refractivity contribution is -0.125. The van der Waals surface area contributed by atoms with Crippen molar-refractivity contribution in [2.75, 3.05) is 13.1 Å². The van der Waals surface area contributed by atoms with E-state index in [0.29, 0.717) is 6.54 Å². The van der Waals surface area contributed by atoms with Crippen LogP contribution in [0.4, 0.5) is 0 Å². The zero-order valence-electron chi connectivity index (χ0n) is 9.69. The second-order valence-electron chi connectivity index (χ2n) is 3.53. The number of aromatic nitrogens is 1. The number of amides is 2. The van der Waals surface area contributed by atoms with Crippen LogP contribution < -0.4 is 16.4 Å². The van der Waals surface area contributed by atoms with Gasteiger partial charge in [-0.15, -0.1) is 0 Å². The van der Waals surface area contributed by atoms with Crippen molar-refractivity contribution in [2.24, 2.45) is 5.73 Å². The Bertz CT molecular complexity index is 406. The molecule has 0 bridgehead atoms. The van der Waals surface area contributed by atoms with Crippen LogP contribution in [-0.4, -0.2) is 29.9 Å². The third kappa shape index (κ3) is 5.07. The van der Waals surface area contributed by atoms with E-state index in [1.807, 2.05) is 25.1 Å². The van der Waals surface area contributed by atoms with Crippen LogP contribution in [0.25, 0.3) is 0 Å². The molecule has 0 saturated carbocycles. The minimum atomic E-state index is -0.353. The molecule has 0 saturated heterocycles. The molecule has 6 nitrogen and oxygen atoms in total. The van der Waals surface area contributed by atoms with Gasteiger partial charge in [-0.25, -0.2) is 0 Å². The Labute approximate surface area is 99.6 Å². The van der Waals surface area contributed by atoms with Crippen LogP contribution in [0.15, 0.2) is 18.2 Å². The maximum Gasteiger partial charge on any atom is 0.239 e. The van der Waals surface area contributed by atoms with Gasteiger partial charge < -0.3 is 16.4 Å². The number of hydrogen-bond acceptors (Lipinski definition) is 4. The summed E-state index contributed by atoms with van der Waals surface area (Å²) >= 11 is 0. The van der Waals surface area contributed by atoms with Gasteiger partial charge in [-0.1, -0.05) is 6.07 Å². The molecule has 0 aliphatic heterocycles. The number of carbonyl (C=O) groups is 2. The summed E-state index contributed by atoms with van der Waals surface area (Å²) in [5.74, 6) is -0.621. The molecule has 0 aliphatic rings. The first-order chi connectivity index (χ1) is 8.11. The number of pyridine rings is 1. The van der Waals surface area contributed by atoms with Crippen LogP contribution in [-0.2, 0) is 16.1 Å². The quantitative estimate of drug-likeness (QED) is 0.616. The van der Waals surface area contributed by atoms with Crippen molar-refractivity contribution in [3.8, 4) is 0 Å². The Morgan fingerprint density at radius 3 is 2.71 bits per heavy atom. The second kappa shape index (κ2) is 6.59. The smallest absolute Gasteiger partial charge is 0.239 e. The number of carbonyl (C=O) groups excluding carboxylic acids is 2. The van der Waals surface area contributed by atoms with Crippen molar-refractivity contribution in [3.05, 3.63) is 29.6 Å². The Balaban J connectivity index is 2.31. The molecule has 0 aromatic carbocycles. The lowest BCUT2D eigenvalue weighted by Crippen LogP contribution is -2.39. The maximum absolute atomic E-state index is 11.3. The van der Waals surface area contributed by atoms with E-state index in [1.54, 1.807) is 0 Å². The number of nitrogens with zero attached hydrogens (tertiary/aromatic N) is 1. The van der Waals surface area contributed by atoms with E-state index in [4.69, 9.17) is 5.73 Å². The summed E-state index contributed by atoms with van der Waals surface area (Å²) in [4.78, 5) is 26.4. The highest BCUT2D eigenvalue weighted by molar-refractivity contribution is 5.85. The van der Waals surface area contributed by atoms with Gasteiger partial charge in [-0.2, -0.15) is 0 Å². The summed E-state index contributed by atoms with van der Waals surface area (Å²) in [7, 11) is 0. The van der Waals surface area contributed by atoms with Crippen LogP contribution >= 0.6 is 0 Å². The number of hydrogen-bond donors (Lipinski definition) is 3. The minimum Gasteiger partial charge on any atom is -0.349 e. The highest BCUT2D eigenvalue weighted by atomic mass is 16.2. The van der Waals surface area contributed by atoms with Gasteiger partial charge in [-0.05, 0) is 19.1 Å². The molecule has 92 valence electrons. The summed E-state index contributed by atoms with van der Waals surface area (Å²) in [6.45, 7) is 2.04. The van der Waals surface area contributed by atoms with Crippen molar-refractivity contribution < 1.29 is 9.59 Å². The molecule has 2 amide bonds. The molecule has 0 spiro atoms. The molecular weight excluding hydrogens is 220 g/mol. The summed E-state index contributed by atoms with van der Waals surface area (Å²) in [5.41, 5.74) is 6.76. The van der Waals surface area contributed by atoms with Crippen LogP contribution in [0.5, 0.6) is 0 Å². The fourth-order valence-corrected chi connectivity index (χ4v) is 1.20. The average molecular weight is 236 g/mol. The predicted molar refractivity (Wildman–Crippen MR) is 62.9 cm³/mol. The molecule has 0 fully saturated rings. The van der Waals surface area contributed by atoms with E-state index >= 15 is 0 Å². The van der Waals surface area contributed by atoms with Gasteiger partial charge in [0.25, 0.3) is 0 Å². The molecule has 1 heterocycles.